The quantitative estimate of drug-likeness (QED) is 0.339. The molecule has 3 amide bonds. The van der Waals surface area contributed by atoms with Crippen LogP contribution in [0.15, 0.2) is 51.9 Å². The number of amides is 3. The van der Waals surface area contributed by atoms with Crippen molar-refractivity contribution in [2.75, 3.05) is 56.5 Å². The summed E-state index contributed by atoms with van der Waals surface area (Å²) in [6.45, 7) is 6.68. The first-order valence-corrected chi connectivity index (χ1v) is 19.1. The normalized spacial score (nSPS) is 23.8. The largest absolute Gasteiger partial charge is 0.379 e. The van der Waals surface area contributed by atoms with Crippen LogP contribution < -0.4 is 21.1 Å². The molecule has 1 spiro atoms. The fourth-order valence-electron chi connectivity index (χ4n) is 8.83. The molecule has 3 aromatic rings. The van der Waals surface area contributed by atoms with E-state index in [1.54, 1.807) is 19.3 Å². The van der Waals surface area contributed by atoms with Crippen LogP contribution in [-0.4, -0.2) is 89.7 Å². The summed E-state index contributed by atoms with van der Waals surface area (Å²) in [5.41, 5.74) is 4.55. The van der Waals surface area contributed by atoms with Crippen molar-refractivity contribution in [3.8, 4) is 0 Å². The van der Waals surface area contributed by atoms with E-state index in [1.807, 2.05) is 30.0 Å². The molecule has 3 atom stereocenters. The number of hydrogen-bond donors (Lipinski definition) is 2. The second-order valence-corrected chi connectivity index (χ2v) is 16.2. The monoisotopic (exact) mass is 775 g/mol. The summed E-state index contributed by atoms with van der Waals surface area (Å²) < 4.78 is 17.2. The molecule has 11 nitrogen and oxygen atoms in total. The Labute approximate surface area is 312 Å². The third-order valence-electron chi connectivity index (χ3n) is 11.9. The molecule has 7 rings (SSSR count). The van der Waals surface area contributed by atoms with E-state index < -0.39 is 11.8 Å². The number of aryl methyl sites for hydroxylation is 2. The molecule has 0 saturated carbocycles. The van der Waals surface area contributed by atoms with E-state index in [0.717, 1.165) is 82.6 Å². The summed E-state index contributed by atoms with van der Waals surface area (Å²) in [6.07, 6.45) is 7.00. The Kier molecular flexibility index (Phi) is 10.3. The fraction of sp³-hybridized carbons (Fsp3) is 0.513. The zero-order valence-corrected chi connectivity index (χ0v) is 31.7. The number of nitrogens with one attached hydrogen (secondary N) is 2. The lowest BCUT2D eigenvalue weighted by Gasteiger charge is -2.47. The highest BCUT2D eigenvalue weighted by atomic mass is 79.9. The van der Waals surface area contributed by atoms with Crippen LogP contribution in [-0.2, 0) is 16.6 Å². The van der Waals surface area contributed by atoms with Crippen LogP contribution in [0.3, 0.4) is 0 Å². The van der Waals surface area contributed by atoms with Gasteiger partial charge in [-0.15, -0.1) is 0 Å². The molecule has 2 N–H and O–H groups in total. The van der Waals surface area contributed by atoms with Gasteiger partial charge in [-0.25, -0.2) is 9.07 Å². The van der Waals surface area contributed by atoms with E-state index in [0.29, 0.717) is 27.7 Å². The average molecular weight is 777 g/mol. The number of carbonyl (C=O) groups excluding carboxylic acids is 3. The maximum absolute atomic E-state index is 15.4. The van der Waals surface area contributed by atoms with Gasteiger partial charge in [0.05, 0.1) is 17.8 Å². The topological polar surface area (TPSA) is 120 Å². The standard InChI is InChI=1S/C39H47BrFN7O4/c1-24-18-29(20-31(41)34(24)30-8-9-33(49)44-36(30)50)47-14-10-39(11-15-47)12-16-48(17-13-39)37(51)26-6-4-25(5-7-26)27-19-28(23-45(2)22-27)43-32-21-42-46(3)38(52)35(32)40/h4-7,18,20-21,27-28,30,43H,8-17,19,22-23H2,1-3H3,(H,44,49,50)/t27-,28+,30?/m0/s1. The lowest BCUT2D eigenvalue weighted by molar-refractivity contribution is -0.134. The van der Waals surface area contributed by atoms with Crippen molar-refractivity contribution < 1.29 is 18.8 Å². The van der Waals surface area contributed by atoms with Crippen LogP contribution >= 0.6 is 15.9 Å². The number of anilines is 2. The van der Waals surface area contributed by atoms with E-state index in [9.17, 15) is 19.2 Å². The molecule has 0 radical (unpaired) electrons. The minimum absolute atomic E-state index is 0.0733. The highest BCUT2D eigenvalue weighted by molar-refractivity contribution is 9.10. The second-order valence-electron chi connectivity index (χ2n) is 15.4. The molecule has 1 aromatic heterocycles. The number of carbonyl (C=O) groups is 3. The predicted octanol–water partition coefficient (Wildman–Crippen LogP) is 4.93. The van der Waals surface area contributed by atoms with Gasteiger partial charge in [-0.3, -0.25) is 24.5 Å². The van der Waals surface area contributed by atoms with E-state index in [4.69, 9.17) is 0 Å². The Hall–Kier alpha value is -4.10. The summed E-state index contributed by atoms with van der Waals surface area (Å²) in [7, 11) is 3.73. The van der Waals surface area contributed by atoms with Gasteiger partial charge in [0.15, 0.2) is 0 Å². The number of hydrogen-bond acceptors (Lipinski definition) is 8. The molecular weight excluding hydrogens is 729 g/mol. The van der Waals surface area contributed by atoms with Gasteiger partial charge >= 0.3 is 0 Å². The summed E-state index contributed by atoms with van der Waals surface area (Å²) in [5, 5.41) is 10.0. The van der Waals surface area contributed by atoms with Gasteiger partial charge in [-0.1, -0.05) is 12.1 Å². The van der Waals surface area contributed by atoms with Gasteiger partial charge in [-0.05, 0) is 115 Å². The SMILES string of the molecule is Cc1cc(N2CCC3(CCN(C(=O)c4ccc([C@H]5C[C@@H](Nc6cnn(C)c(=O)c6Br)CN(C)C5)cc4)CC3)CC2)cc(F)c1C1CCC(=O)NC1=O. The van der Waals surface area contributed by atoms with Gasteiger partial charge in [0, 0.05) is 75.6 Å². The number of benzene rings is 2. The van der Waals surface area contributed by atoms with Crippen LogP contribution in [0.4, 0.5) is 15.8 Å². The number of halogens is 2. The second kappa shape index (κ2) is 14.7. The molecule has 1 unspecified atom stereocenters. The van der Waals surface area contributed by atoms with Gasteiger partial charge in [-0.2, -0.15) is 5.10 Å². The van der Waals surface area contributed by atoms with E-state index in [-0.39, 0.29) is 47.0 Å². The average Bonchev–Trinajstić information content (AvgIpc) is 3.12. The van der Waals surface area contributed by atoms with Gasteiger partial charge in [0.2, 0.25) is 11.8 Å². The van der Waals surface area contributed by atoms with Crippen molar-refractivity contribution >= 4 is 45.0 Å². The molecule has 4 aliphatic heterocycles. The number of aromatic nitrogens is 2. The third kappa shape index (κ3) is 7.39. The molecule has 5 heterocycles. The van der Waals surface area contributed by atoms with Gasteiger partial charge < -0.3 is 20.0 Å². The Bertz CT molecular complexity index is 1890. The first kappa shape index (κ1) is 36.3. The van der Waals surface area contributed by atoms with Crippen LogP contribution in [0.5, 0.6) is 0 Å². The number of nitrogens with zero attached hydrogens (tertiary/aromatic N) is 5. The van der Waals surface area contributed by atoms with Crippen molar-refractivity contribution in [1.82, 2.24) is 24.9 Å². The van der Waals surface area contributed by atoms with Crippen molar-refractivity contribution in [3.63, 3.8) is 0 Å². The minimum atomic E-state index is -0.641. The zero-order valence-electron chi connectivity index (χ0n) is 30.1. The Morgan fingerprint density at radius 1 is 1.00 bits per heavy atom. The lowest BCUT2D eigenvalue weighted by Crippen LogP contribution is -2.48. The number of imide groups is 1. The maximum atomic E-state index is 15.4. The molecule has 13 heteroatoms. The molecule has 0 aliphatic carbocycles. The smallest absolute Gasteiger partial charge is 0.282 e. The van der Waals surface area contributed by atoms with Crippen molar-refractivity contribution in [1.29, 1.82) is 0 Å². The molecule has 4 fully saturated rings. The summed E-state index contributed by atoms with van der Waals surface area (Å²) in [6, 6.07) is 11.8. The maximum Gasteiger partial charge on any atom is 0.282 e. The van der Waals surface area contributed by atoms with Crippen LogP contribution in [0.1, 0.15) is 83.8 Å². The first-order valence-electron chi connectivity index (χ1n) is 18.3. The molecular formula is C39H47BrFN7O4. The lowest BCUT2D eigenvalue weighted by atomic mass is 9.71. The third-order valence-corrected chi connectivity index (χ3v) is 12.7. The number of piperidine rings is 4. The Morgan fingerprint density at radius 2 is 1.69 bits per heavy atom. The Balaban J connectivity index is 0.921. The molecule has 2 aromatic carbocycles. The highest BCUT2D eigenvalue weighted by Crippen LogP contribution is 2.43. The van der Waals surface area contributed by atoms with Crippen molar-refractivity contribution in [2.45, 2.75) is 69.7 Å². The van der Waals surface area contributed by atoms with E-state index >= 15 is 4.39 Å². The summed E-state index contributed by atoms with van der Waals surface area (Å²) in [4.78, 5) is 56.5. The number of likely N-dealkylation sites (tertiary alicyclic amines) is 2. The predicted molar refractivity (Wildman–Crippen MR) is 201 cm³/mol. The van der Waals surface area contributed by atoms with Crippen LogP contribution in [0, 0.1) is 18.2 Å². The van der Waals surface area contributed by atoms with Gasteiger partial charge in [0.1, 0.15) is 10.3 Å². The molecule has 0 bridgehead atoms. The van der Waals surface area contributed by atoms with Crippen molar-refractivity contribution in [3.05, 3.63) is 85.5 Å². The summed E-state index contributed by atoms with van der Waals surface area (Å²) in [5.74, 6) is -1.40. The summed E-state index contributed by atoms with van der Waals surface area (Å²) >= 11 is 3.42. The Morgan fingerprint density at radius 3 is 2.37 bits per heavy atom. The van der Waals surface area contributed by atoms with Gasteiger partial charge in [0.25, 0.3) is 11.5 Å². The fourth-order valence-corrected chi connectivity index (χ4v) is 9.30. The van der Waals surface area contributed by atoms with E-state index in [2.05, 4.69) is 60.6 Å². The zero-order chi connectivity index (χ0) is 36.7. The molecule has 276 valence electrons. The highest BCUT2D eigenvalue weighted by Gasteiger charge is 2.39. The van der Waals surface area contributed by atoms with Crippen molar-refractivity contribution in [2.24, 2.45) is 12.5 Å². The van der Waals surface area contributed by atoms with E-state index in [1.165, 1.54) is 10.2 Å². The number of likely N-dealkylation sites (N-methyl/N-ethyl adjacent to an activating group) is 1. The molecule has 4 aliphatic rings. The van der Waals surface area contributed by atoms with Crippen LogP contribution in [0.25, 0.3) is 0 Å². The molecule has 52 heavy (non-hydrogen) atoms. The number of rotatable bonds is 6. The van der Waals surface area contributed by atoms with Crippen LogP contribution in [0.2, 0.25) is 0 Å². The molecule has 4 saturated heterocycles. The minimum Gasteiger partial charge on any atom is -0.379 e. The first-order chi connectivity index (χ1) is 24.9.